The van der Waals surface area contributed by atoms with Gasteiger partial charge in [0.05, 0.1) is 0 Å². The standard InChI is InChI=1S/C15H24N2O3/c1-13(10(18)16(4)5)7-14(2)9-15(3,8-13)12(20)17(6)11(14)19/h7-9H2,1-6H3. The quantitative estimate of drug-likeness (QED) is 0.680. The van der Waals surface area contributed by atoms with Crippen LogP contribution in [0.25, 0.3) is 0 Å². The van der Waals surface area contributed by atoms with Crippen LogP contribution in [-0.4, -0.2) is 48.7 Å². The van der Waals surface area contributed by atoms with Crippen LogP contribution < -0.4 is 0 Å². The highest BCUT2D eigenvalue weighted by Crippen LogP contribution is 2.58. The molecular formula is C15H24N2O3. The number of hydrogen-bond acceptors (Lipinski definition) is 3. The first-order valence-electron chi connectivity index (χ1n) is 7.00. The van der Waals surface area contributed by atoms with E-state index in [0.29, 0.717) is 19.3 Å². The molecule has 20 heavy (non-hydrogen) atoms. The van der Waals surface area contributed by atoms with Crippen molar-refractivity contribution in [2.24, 2.45) is 16.2 Å². The van der Waals surface area contributed by atoms with Crippen LogP contribution in [0.1, 0.15) is 40.0 Å². The van der Waals surface area contributed by atoms with Gasteiger partial charge in [-0.2, -0.15) is 0 Å². The Morgan fingerprint density at radius 2 is 1.40 bits per heavy atom. The molecule has 2 fully saturated rings. The van der Waals surface area contributed by atoms with E-state index in [-0.39, 0.29) is 17.7 Å². The van der Waals surface area contributed by atoms with Crippen LogP contribution in [0, 0.1) is 16.2 Å². The summed E-state index contributed by atoms with van der Waals surface area (Å²) in [6.07, 6.45) is 1.55. The predicted octanol–water partition coefficient (Wildman–Crippen LogP) is 1.28. The average Bonchev–Trinajstić information content (AvgIpc) is 2.32. The number of nitrogens with zero attached hydrogens (tertiary/aromatic N) is 2. The highest BCUT2D eigenvalue weighted by atomic mass is 16.2. The fraction of sp³-hybridized carbons (Fsp3) is 0.800. The second-order valence-electron chi connectivity index (χ2n) is 7.58. The molecule has 1 saturated heterocycles. The monoisotopic (exact) mass is 280 g/mol. The number of rotatable bonds is 1. The number of carbonyl (C=O) groups is 3. The number of carbonyl (C=O) groups excluding carboxylic acids is 3. The van der Waals surface area contributed by atoms with Gasteiger partial charge in [0.2, 0.25) is 17.7 Å². The second kappa shape index (κ2) is 4.06. The largest absolute Gasteiger partial charge is 0.348 e. The SMILES string of the molecule is CN(C)C(=O)C1(C)CC2(C)CC(C)(C1)C(=O)N(C)C2=O. The Morgan fingerprint density at radius 3 is 1.75 bits per heavy atom. The summed E-state index contributed by atoms with van der Waals surface area (Å²) in [6, 6.07) is 0. The van der Waals surface area contributed by atoms with Crippen LogP contribution in [0.5, 0.6) is 0 Å². The fourth-order valence-corrected chi connectivity index (χ4v) is 4.67. The van der Waals surface area contributed by atoms with E-state index < -0.39 is 16.2 Å². The molecule has 0 spiro atoms. The maximum absolute atomic E-state index is 12.5. The lowest BCUT2D eigenvalue weighted by Gasteiger charge is -2.55. The number of fused-ring (bicyclic) bond motifs is 2. The van der Waals surface area contributed by atoms with E-state index in [1.807, 2.05) is 20.8 Å². The van der Waals surface area contributed by atoms with Crippen LogP contribution in [0.4, 0.5) is 0 Å². The maximum atomic E-state index is 12.5. The van der Waals surface area contributed by atoms with E-state index >= 15 is 0 Å². The zero-order valence-electron chi connectivity index (χ0n) is 13.2. The number of hydrogen-bond donors (Lipinski definition) is 0. The molecule has 1 aliphatic carbocycles. The first kappa shape index (κ1) is 15.0. The van der Waals surface area contributed by atoms with E-state index in [9.17, 15) is 14.4 Å². The van der Waals surface area contributed by atoms with Crippen molar-refractivity contribution in [3.05, 3.63) is 0 Å². The minimum absolute atomic E-state index is 0.000182. The van der Waals surface area contributed by atoms with Crippen molar-refractivity contribution in [3.63, 3.8) is 0 Å². The molecule has 1 heterocycles. The van der Waals surface area contributed by atoms with E-state index in [2.05, 4.69) is 0 Å². The minimum atomic E-state index is -0.655. The summed E-state index contributed by atoms with van der Waals surface area (Å²) in [6.45, 7) is 5.66. The molecule has 5 heteroatoms. The van der Waals surface area contributed by atoms with Crippen LogP contribution >= 0.6 is 0 Å². The lowest BCUT2D eigenvalue weighted by atomic mass is 9.51. The molecular weight excluding hydrogens is 256 g/mol. The van der Waals surface area contributed by atoms with Crippen LogP contribution in [0.3, 0.4) is 0 Å². The van der Waals surface area contributed by atoms with Gasteiger partial charge in [0.25, 0.3) is 0 Å². The second-order valence-corrected chi connectivity index (χ2v) is 7.58. The van der Waals surface area contributed by atoms with Gasteiger partial charge in [0.15, 0.2) is 0 Å². The molecule has 0 N–H and O–H groups in total. The van der Waals surface area contributed by atoms with Gasteiger partial charge in [0.1, 0.15) is 0 Å². The molecule has 2 rings (SSSR count). The Kier molecular flexibility index (Phi) is 3.04. The van der Waals surface area contributed by atoms with Gasteiger partial charge in [-0.05, 0) is 19.3 Å². The minimum Gasteiger partial charge on any atom is -0.348 e. The molecule has 2 aliphatic rings. The number of imide groups is 1. The van der Waals surface area contributed by atoms with E-state index in [1.165, 1.54) is 4.90 Å². The Balaban J connectivity index is 2.50. The molecule has 5 nitrogen and oxygen atoms in total. The Bertz CT molecular complexity index is 469. The highest BCUT2D eigenvalue weighted by Gasteiger charge is 2.62. The van der Waals surface area contributed by atoms with Crippen molar-refractivity contribution < 1.29 is 14.4 Å². The van der Waals surface area contributed by atoms with Gasteiger partial charge >= 0.3 is 0 Å². The molecule has 1 saturated carbocycles. The Morgan fingerprint density at radius 1 is 1.00 bits per heavy atom. The molecule has 2 bridgehead atoms. The summed E-state index contributed by atoms with van der Waals surface area (Å²) in [5.74, 6) is -0.310. The van der Waals surface area contributed by atoms with Crippen molar-refractivity contribution >= 4 is 17.7 Å². The third-order valence-electron chi connectivity index (χ3n) is 4.91. The summed E-state index contributed by atoms with van der Waals surface area (Å²) in [4.78, 5) is 40.3. The third kappa shape index (κ3) is 1.86. The number of amides is 3. The molecule has 0 radical (unpaired) electrons. The first-order chi connectivity index (χ1) is 8.95. The zero-order valence-corrected chi connectivity index (χ0v) is 13.2. The number of piperidine rings is 1. The smallest absolute Gasteiger partial charge is 0.234 e. The van der Waals surface area contributed by atoms with Gasteiger partial charge in [-0.3, -0.25) is 19.3 Å². The third-order valence-corrected chi connectivity index (χ3v) is 4.91. The van der Waals surface area contributed by atoms with Gasteiger partial charge in [0, 0.05) is 37.4 Å². The van der Waals surface area contributed by atoms with Crippen LogP contribution in [0.15, 0.2) is 0 Å². The molecule has 0 aromatic carbocycles. The molecule has 0 aromatic heterocycles. The lowest BCUT2D eigenvalue weighted by molar-refractivity contribution is -0.179. The normalized spacial score (nSPS) is 40.8. The van der Waals surface area contributed by atoms with Gasteiger partial charge in [-0.1, -0.05) is 20.8 Å². The summed E-state index contributed by atoms with van der Waals surface area (Å²) >= 11 is 0. The highest BCUT2D eigenvalue weighted by molar-refractivity contribution is 6.04. The van der Waals surface area contributed by atoms with Crippen LogP contribution in [0.2, 0.25) is 0 Å². The maximum Gasteiger partial charge on any atom is 0.234 e. The van der Waals surface area contributed by atoms with Crippen molar-refractivity contribution in [2.45, 2.75) is 40.0 Å². The van der Waals surface area contributed by atoms with Crippen molar-refractivity contribution in [1.29, 1.82) is 0 Å². The van der Waals surface area contributed by atoms with Gasteiger partial charge < -0.3 is 4.90 Å². The Labute approximate surface area is 120 Å². The molecule has 3 amide bonds. The van der Waals surface area contributed by atoms with E-state index in [1.54, 1.807) is 26.0 Å². The predicted molar refractivity (Wildman–Crippen MR) is 74.6 cm³/mol. The molecule has 112 valence electrons. The van der Waals surface area contributed by atoms with Gasteiger partial charge in [-0.15, -0.1) is 0 Å². The molecule has 1 aliphatic heterocycles. The van der Waals surface area contributed by atoms with E-state index in [0.717, 1.165) is 0 Å². The number of likely N-dealkylation sites (tertiary alicyclic amines) is 1. The first-order valence-corrected chi connectivity index (χ1v) is 7.00. The van der Waals surface area contributed by atoms with Crippen LogP contribution in [-0.2, 0) is 14.4 Å². The molecule has 2 atom stereocenters. The van der Waals surface area contributed by atoms with Crippen molar-refractivity contribution in [3.8, 4) is 0 Å². The lowest BCUT2D eigenvalue weighted by Crippen LogP contribution is -2.63. The summed E-state index contributed by atoms with van der Waals surface area (Å²) in [7, 11) is 4.99. The molecule has 0 aromatic rings. The summed E-state index contributed by atoms with van der Waals surface area (Å²) in [5, 5.41) is 0. The molecule has 2 unspecified atom stereocenters. The topological polar surface area (TPSA) is 57.7 Å². The Hall–Kier alpha value is -1.39. The van der Waals surface area contributed by atoms with Gasteiger partial charge in [-0.25, -0.2) is 0 Å². The van der Waals surface area contributed by atoms with E-state index in [4.69, 9.17) is 0 Å². The summed E-state index contributed by atoms with van der Waals surface area (Å²) in [5.41, 5.74) is -1.91. The zero-order chi connectivity index (χ0) is 15.5. The van der Waals surface area contributed by atoms with Crippen molar-refractivity contribution in [1.82, 2.24) is 9.80 Å². The summed E-state index contributed by atoms with van der Waals surface area (Å²) < 4.78 is 0. The average molecular weight is 280 g/mol. The fourth-order valence-electron chi connectivity index (χ4n) is 4.67. The van der Waals surface area contributed by atoms with Crippen molar-refractivity contribution in [2.75, 3.05) is 21.1 Å².